The molecule has 0 heterocycles. The molecule has 0 saturated carbocycles. The van der Waals surface area contributed by atoms with Crippen LogP contribution in [0.3, 0.4) is 0 Å². The number of sulfone groups is 1. The van der Waals surface area contributed by atoms with Crippen LogP contribution in [-0.2, 0) is 9.84 Å². The van der Waals surface area contributed by atoms with Gasteiger partial charge >= 0.3 is 0 Å². The highest BCUT2D eigenvalue weighted by atomic mass is 79.9. The van der Waals surface area contributed by atoms with E-state index in [4.69, 9.17) is 5.73 Å². The summed E-state index contributed by atoms with van der Waals surface area (Å²) in [5.41, 5.74) is 5.79. The molecule has 1 aromatic rings. The Morgan fingerprint density at radius 3 is 2.50 bits per heavy atom. The lowest BCUT2D eigenvalue weighted by Gasteiger charge is -2.15. The molecule has 0 aliphatic heterocycles. The maximum atomic E-state index is 12.0. The van der Waals surface area contributed by atoms with Crippen molar-refractivity contribution in [2.24, 2.45) is 11.7 Å². The first kappa shape index (κ1) is 13.7. The average Bonchev–Trinajstić information content (AvgIpc) is 2.17. The summed E-state index contributed by atoms with van der Waals surface area (Å²) in [5.74, 6) is 0.142. The molecule has 0 aromatic heterocycles. The molecule has 5 heteroatoms. The average molecular weight is 306 g/mol. The predicted molar refractivity (Wildman–Crippen MR) is 69.0 cm³/mol. The fourth-order valence-electron chi connectivity index (χ4n) is 1.20. The van der Waals surface area contributed by atoms with Crippen LogP contribution >= 0.6 is 15.9 Å². The molecule has 1 atom stereocenters. The molecule has 0 spiro atoms. The molecule has 0 bridgehead atoms. The van der Waals surface area contributed by atoms with Crippen LogP contribution in [0.2, 0.25) is 0 Å². The number of hydrogen-bond donors (Lipinski definition) is 1. The van der Waals surface area contributed by atoms with Crippen molar-refractivity contribution in [2.75, 3.05) is 5.75 Å². The summed E-state index contributed by atoms with van der Waals surface area (Å²) >= 11 is 3.25. The maximum Gasteiger partial charge on any atom is 0.179 e. The second-order valence-electron chi connectivity index (χ2n) is 4.15. The van der Waals surface area contributed by atoms with Gasteiger partial charge in [0.2, 0.25) is 0 Å². The fraction of sp³-hybridized carbons (Fsp3) is 0.455. The molecule has 0 fully saturated rings. The number of rotatable bonds is 4. The summed E-state index contributed by atoms with van der Waals surface area (Å²) in [4.78, 5) is 0.318. The quantitative estimate of drug-likeness (QED) is 0.928. The van der Waals surface area contributed by atoms with E-state index in [2.05, 4.69) is 15.9 Å². The van der Waals surface area contributed by atoms with Crippen molar-refractivity contribution in [2.45, 2.75) is 24.8 Å². The zero-order valence-electron chi connectivity index (χ0n) is 9.35. The van der Waals surface area contributed by atoms with Gasteiger partial charge in [-0.2, -0.15) is 0 Å². The molecular weight excluding hydrogens is 290 g/mol. The van der Waals surface area contributed by atoms with Crippen LogP contribution in [-0.4, -0.2) is 20.2 Å². The van der Waals surface area contributed by atoms with Crippen molar-refractivity contribution in [3.8, 4) is 0 Å². The van der Waals surface area contributed by atoms with E-state index in [1.165, 1.54) is 0 Å². The Morgan fingerprint density at radius 2 is 2.00 bits per heavy atom. The second kappa shape index (κ2) is 5.29. The minimum absolute atomic E-state index is 0.0128. The van der Waals surface area contributed by atoms with Gasteiger partial charge in [-0.3, -0.25) is 0 Å². The van der Waals surface area contributed by atoms with Gasteiger partial charge in [-0.05, 0) is 24.1 Å². The van der Waals surface area contributed by atoms with E-state index >= 15 is 0 Å². The van der Waals surface area contributed by atoms with Crippen LogP contribution in [0.25, 0.3) is 0 Å². The highest BCUT2D eigenvalue weighted by molar-refractivity contribution is 9.10. The van der Waals surface area contributed by atoms with Crippen LogP contribution in [0.15, 0.2) is 33.6 Å². The van der Waals surface area contributed by atoms with E-state index in [9.17, 15) is 8.42 Å². The highest BCUT2D eigenvalue weighted by Crippen LogP contribution is 2.18. The molecule has 0 amide bonds. The van der Waals surface area contributed by atoms with E-state index < -0.39 is 9.84 Å². The largest absolute Gasteiger partial charge is 0.327 e. The molecular formula is C11H16BrNO2S. The lowest BCUT2D eigenvalue weighted by Crippen LogP contribution is -2.34. The van der Waals surface area contributed by atoms with Crippen LogP contribution in [0, 0.1) is 5.92 Å². The number of hydrogen-bond acceptors (Lipinski definition) is 3. The Hall–Kier alpha value is -0.390. The molecule has 1 aromatic carbocycles. The van der Waals surface area contributed by atoms with Crippen LogP contribution in [0.4, 0.5) is 0 Å². The van der Waals surface area contributed by atoms with E-state index in [1.807, 2.05) is 13.8 Å². The zero-order valence-corrected chi connectivity index (χ0v) is 11.8. The first-order chi connectivity index (χ1) is 7.33. The lowest BCUT2D eigenvalue weighted by molar-refractivity contribution is 0.516. The van der Waals surface area contributed by atoms with Crippen molar-refractivity contribution in [3.63, 3.8) is 0 Å². The molecule has 1 unspecified atom stereocenters. The van der Waals surface area contributed by atoms with Gasteiger partial charge in [-0.1, -0.05) is 35.8 Å². The van der Waals surface area contributed by atoms with Crippen molar-refractivity contribution in [1.29, 1.82) is 0 Å². The minimum atomic E-state index is -3.28. The summed E-state index contributed by atoms with van der Waals surface area (Å²) in [6.45, 7) is 3.84. The highest BCUT2D eigenvalue weighted by Gasteiger charge is 2.20. The Morgan fingerprint density at radius 1 is 1.38 bits per heavy atom. The van der Waals surface area contributed by atoms with Crippen LogP contribution < -0.4 is 5.73 Å². The third-order valence-electron chi connectivity index (χ3n) is 2.42. The van der Waals surface area contributed by atoms with E-state index in [-0.39, 0.29) is 17.7 Å². The van der Waals surface area contributed by atoms with E-state index in [0.29, 0.717) is 4.90 Å². The molecule has 0 aliphatic rings. The third kappa shape index (κ3) is 3.57. The molecule has 1 rings (SSSR count). The van der Waals surface area contributed by atoms with Gasteiger partial charge in [0.15, 0.2) is 9.84 Å². The van der Waals surface area contributed by atoms with Crippen molar-refractivity contribution in [3.05, 3.63) is 28.7 Å². The van der Waals surface area contributed by atoms with Gasteiger partial charge in [0.25, 0.3) is 0 Å². The summed E-state index contributed by atoms with van der Waals surface area (Å²) < 4.78 is 24.8. The monoisotopic (exact) mass is 305 g/mol. The number of benzene rings is 1. The van der Waals surface area contributed by atoms with Crippen LogP contribution in [0.1, 0.15) is 13.8 Å². The topological polar surface area (TPSA) is 60.2 Å². The number of halogens is 1. The predicted octanol–water partition coefficient (Wildman–Crippen LogP) is 2.21. The normalized spacial score (nSPS) is 14.1. The van der Waals surface area contributed by atoms with Gasteiger partial charge in [0, 0.05) is 10.5 Å². The van der Waals surface area contributed by atoms with E-state index in [0.717, 1.165) is 4.47 Å². The number of nitrogens with two attached hydrogens (primary N) is 1. The summed E-state index contributed by atoms with van der Waals surface area (Å²) in [7, 11) is -3.28. The van der Waals surface area contributed by atoms with Crippen molar-refractivity contribution in [1.82, 2.24) is 0 Å². The van der Waals surface area contributed by atoms with Gasteiger partial charge in [0.1, 0.15) is 0 Å². The smallest absolute Gasteiger partial charge is 0.179 e. The Bertz CT molecular complexity index is 457. The molecule has 90 valence electrons. The second-order valence-corrected chi connectivity index (χ2v) is 7.10. The lowest BCUT2D eigenvalue weighted by atomic mass is 10.1. The minimum Gasteiger partial charge on any atom is -0.327 e. The van der Waals surface area contributed by atoms with Gasteiger partial charge in [-0.25, -0.2) is 8.42 Å². The maximum absolute atomic E-state index is 12.0. The Labute approximate surface area is 105 Å². The van der Waals surface area contributed by atoms with Crippen molar-refractivity contribution >= 4 is 25.8 Å². The first-order valence-electron chi connectivity index (χ1n) is 5.07. The fourth-order valence-corrected chi connectivity index (χ4v) is 3.43. The molecule has 3 nitrogen and oxygen atoms in total. The van der Waals surface area contributed by atoms with Gasteiger partial charge in [0.05, 0.1) is 10.6 Å². The molecule has 16 heavy (non-hydrogen) atoms. The summed E-state index contributed by atoms with van der Waals surface area (Å²) in [6.07, 6.45) is 0. The van der Waals surface area contributed by atoms with Gasteiger partial charge in [-0.15, -0.1) is 0 Å². The van der Waals surface area contributed by atoms with Crippen LogP contribution in [0.5, 0.6) is 0 Å². The molecule has 2 N–H and O–H groups in total. The van der Waals surface area contributed by atoms with E-state index in [1.54, 1.807) is 24.3 Å². The molecule has 0 aliphatic carbocycles. The third-order valence-corrected chi connectivity index (χ3v) is 4.71. The van der Waals surface area contributed by atoms with Crippen molar-refractivity contribution < 1.29 is 8.42 Å². The molecule has 0 radical (unpaired) electrons. The SMILES string of the molecule is CC(C)C(N)CS(=O)(=O)c1cccc(Br)c1. The Kier molecular flexibility index (Phi) is 4.52. The van der Waals surface area contributed by atoms with Gasteiger partial charge < -0.3 is 5.73 Å². The standard InChI is InChI=1S/C11H16BrNO2S/c1-8(2)11(13)7-16(14,15)10-5-3-4-9(12)6-10/h3-6,8,11H,7,13H2,1-2H3. The Balaban J connectivity index is 2.95. The first-order valence-corrected chi connectivity index (χ1v) is 7.51. The summed E-state index contributed by atoms with van der Waals surface area (Å²) in [5, 5.41) is 0. The summed E-state index contributed by atoms with van der Waals surface area (Å²) in [6, 6.07) is 6.36. The zero-order chi connectivity index (χ0) is 12.3. The molecule has 0 saturated heterocycles.